The van der Waals surface area contributed by atoms with E-state index >= 15 is 0 Å². The summed E-state index contributed by atoms with van der Waals surface area (Å²) in [6, 6.07) is 8.39. The summed E-state index contributed by atoms with van der Waals surface area (Å²) in [5.74, 6) is 0. The number of rotatable bonds is 0. The summed E-state index contributed by atoms with van der Waals surface area (Å²) in [6.45, 7) is 1.01. The highest BCUT2D eigenvalue weighted by Gasteiger charge is 2.06. The van der Waals surface area contributed by atoms with Gasteiger partial charge in [-0.3, -0.25) is 5.32 Å². The lowest BCUT2D eigenvalue weighted by molar-refractivity contribution is 0.704. The van der Waals surface area contributed by atoms with E-state index in [0.717, 1.165) is 6.54 Å². The van der Waals surface area contributed by atoms with Gasteiger partial charge in [-0.15, -0.1) is 17.0 Å². The van der Waals surface area contributed by atoms with Crippen LogP contribution in [0.4, 0.5) is 5.69 Å². The minimum absolute atomic E-state index is 0. The Kier molecular flexibility index (Phi) is 2.94. The van der Waals surface area contributed by atoms with Crippen LogP contribution in [0.5, 0.6) is 0 Å². The number of hydrogen-bond donors (Lipinski definition) is 0. The first-order chi connectivity index (χ1) is 4.97. The van der Waals surface area contributed by atoms with Crippen LogP contribution in [0.25, 0.3) is 0 Å². The molecule has 0 unspecified atom stereocenters. The summed E-state index contributed by atoms with van der Waals surface area (Å²) in [7, 11) is 0. The Morgan fingerprint density at radius 3 is 2.82 bits per heavy atom. The smallest absolute Gasteiger partial charge is 0.0606 e. The molecule has 0 bridgehead atoms. The standard InChI is InChI=1S/C9H10N.BrH/c1-2-6-9-8(4-1)5-3-7-10-9;/h1-2,4,6H,3,5,7H2;1H. The van der Waals surface area contributed by atoms with E-state index in [1.807, 2.05) is 6.07 Å². The number of nitrogens with zero attached hydrogens (tertiary/aromatic N) is 1. The molecule has 0 aliphatic carbocycles. The van der Waals surface area contributed by atoms with Crippen LogP contribution in [-0.2, 0) is 6.42 Å². The van der Waals surface area contributed by atoms with Crippen LogP contribution in [0.1, 0.15) is 12.0 Å². The van der Waals surface area contributed by atoms with Crippen molar-refractivity contribution in [2.24, 2.45) is 0 Å². The quantitative estimate of drug-likeness (QED) is 0.628. The fraction of sp³-hybridized carbons (Fsp3) is 0.333. The van der Waals surface area contributed by atoms with Crippen LogP contribution in [0, 0.1) is 0 Å². The van der Waals surface area contributed by atoms with Gasteiger partial charge < -0.3 is 0 Å². The molecule has 11 heavy (non-hydrogen) atoms. The first kappa shape index (κ1) is 8.60. The van der Waals surface area contributed by atoms with E-state index in [0.29, 0.717) is 0 Å². The molecule has 59 valence electrons. The van der Waals surface area contributed by atoms with Gasteiger partial charge in [0.2, 0.25) is 0 Å². The Bertz CT molecular complexity index is 210. The molecular weight excluding hydrogens is 202 g/mol. The molecule has 1 heterocycles. The van der Waals surface area contributed by atoms with Crippen molar-refractivity contribution in [3.05, 3.63) is 29.8 Å². The van der Waals surface area contributed by atoms with Crippen molar-refractivity contribution in [1.82, 2.24) is 5.32 Å². The van der Waals surface area contributed by atoms with Crippen molar-refractivity contribution >= 4 is 22.7 Å². The van der Waals surface area contributed by atoms with E-state index in [4.69, 9.17) is 0 Å². The molecule has 0 aromatic heterocycles. The van der Waals surface area contributed by atoms with Crippen molar-refractivity contribution in [2.75, 3.05) is 6.54 Å². The molecule has 1 aromatic carbocycles. The molecule has 1 aliphatic rings. The van der Waals surface area contributed by atoms with Crippen molar-refractivity contribution < 1.29 is 0 Å². The SMILES string of the molecule is Br.c1ccc2c(c1)CCC[N]2. The van der Waals surface area contributed by atoms with Gasteiger partial charge in [0.1, 0.15) is 0 Å². The third kappa shape index (κ3) is 1.74. The van der Waals surface area contributed by atoms with Crippen molar-refractivity contribution in [1.29, 1.82) is 0 Å². The minimum Gasteiger partial charge on any atom is -0.285 e. The highest BCUT2D eigenvalue weighted by molar-refractivity contribution is 8.93. The molecular formula is C9H11BrN. The lowest BCUT2D eigenvalue weighted by Crippen LogP contribution is -2.09. The molecule has 1 aliphatic heterocycles. The molecule has 0 atom stereocenters. The number of halogens is 1. The lowest BCUT2D eigenvalue weighted by Gasteiger charge is -2.14. The van der Waals surface area contributed by atoms with Gasteiger partial charge in [-0.25, -0.2) is 0 Å². The van der Waals surface area contributed by atoms with Crippen LogP contribution in [0.3, 0.4) is 0 Å². The van der Waals surface area contributed by atoms with Crippen LogP contribution in [0.2, 0.25) is 0 Å². The fourth-order valence-electron chi connectivity index (χ4n) is 1.35. The molecule has 0 N–H and O–H groups in total. The Labute approximate surface area is 77.6 Å². The van der Waals surface area contributed by atoms with Crippen LogP contribution >= 0.6 is 17.0 Å². The average Bonchev–Trinajstić information content (AvgIpc) is 2.05. The van der Waals surface area contributed by atoms with Crippen LogP contribution < -0.4 is 5.32 Å². The van der Waals surface area contributed by atoms with Gasteiger partial charge in [0.15, 0.2) is 0 Å². The molecule has 0 spiro atoms. The maximum atomic E-state index is 4.39. The van der Waals surface area contributed by atoms with Gasteiger partial charge in [-0.05, 0) is 24.5 Å². The van der Waals surface area contributed by atoms with E-state index in [9.17, 15) is 0 Å². The molecule has 0 fully saturated rings. The third-order valence-corrected chi connectivity index (χ3v) is 1.88. The normalized spacial score (nSPS) is 14.2. The Balaban J connectivity index is 0.000000605. The van der Waals surface area contributed by atoms with Crippen LogP contribution in [0.15, 0.2) is 24.3 Å². The maximum Gasteiger partial charge on any atom is 0.0606 e. The van der Waals surface area contributed by atoms with Gasteiger partial charge in [-0.1, -0.05) is 18.2 Å². The number of hydrogen-bond acceptors (Lipinski definition) is 0. The first-order valence-corrected chi connectivity index (χ1v) is 3.72. The minimum atomic E-state index is 0. The zero-order chi connectivity index (χ0) is 6.81. The fourth-order valence-corrected chi connectivity index (χ4v) is 1.35. The molecule has 0 saturated heterocycles. The Morgan fingerprint density at radius 1 is 1.18 bits per heavy atom. The average molecular weight is 213 g/mol. The van der Waals surface area contributed by atoms with E-state index in [-0.39, 0.29) is 17.0 Å². The zero-order valence-corrected chi connectivity index (χ0v) is 8.00. The molecule has 1 nitrogen and oxygen atoms in total. The number of para-hydroxylation sites is 1. The summed E-state index contributed by atoms with van der Waals surface area (Å²) in [5.41, 5.74) is 2.61. The second kappa shape index (κ2) is 3.77. The van der Waals surface area contributed by atoms with Crippen LogP contribution in [-0.4, -0.2) is 6.54 Å². The predicted molar refractivity (Wildman–Crippen MR) is 51.7 cm³/mol. The largest absolute Gasteiger partial charge is 0.285 e. The van der Waals surface area contributed by atoms with Crippen molar-refractivity contribution in [3.63, 3.8) is 0 Å². The second-order valence-corrected chi connectivity index (χ2v) is 2.61. The van der Waals surface area contributed by atoms with Crippen molar-refractivity contribution in [2.45, 2.75) is 12.8 Å². The second-order valence-electron chi connectivity index (χ2n) is 2.61. The predicted octanol–water partition coefficient (Wildman–Crippen LogP) is 2.45. The number of aryl methyl sites for hydroxylation is 1. The molecule has 0 amide bonds. The molecule has 2 rings (SSSR count). The molecule has 2 heteroatoms. The number of fused-ring (bicyclic) bond motifs is 1. The topological polar surface area (TPSA) is 14.1 Å². The monoisotopic (exact) mass is 212 g/mol. The van der Waals surface area contributed by atoms with E-state index in [1.165, 1.54) is 24.1 Å². The molecule has 1 aromatic rings. The van der Waals surface area contributed by atoms with E-state index in [2.05, 4.69) is 23.5 Å². The van der Waals surface area contributed by atoms with Gasteiger partial charge in [-0.2, -0.15) is 0 Å². The highest BCUT2D eigenvalue weighted by atomic mass is 79.9. The lowest BCUT2D eigenvalue weighted by atomic mass is 10.0. The Hall–Kier alpha value is -0.500. The first-order valence-electron chi connectivity index (χ1n) is 3.72. The number of benzene rings is 1. The van der Waals surface area contributed by atoms with Gasteiger partial charge in [0.25, 0.3) is 0 Å². The van der Waals surface area contributed by atoms with E-state index < -0.39 is 0 Å². The van der Waals surface area contributed by atoms with Gasteiger partial charge in [0.05, 0.1) is 5.69 Å². The summed E-state index contributed by atoms with van der Waals surface area (Å²) in [6.07, 6.45) is 2.43. The summed E-state index contributed by atoms with van der Waals surface area (Å²) < 4.78 is 0. The Morgan fingerprint density at radius 2 is 2.00 bits per heavy atom. The van der Waals surface area contributed by atoms with Gasteiger partial charge in [0, 0.05) is 6.54 Å². The summed E-state index contributed by atoms with van der Waals surface area (Å²) >= 11 is 0. The summed E-state index contributed by atoms with van der Waals surface area (Å²) in [5, 5.41) is 4.39. The molecule has 1 radical (unpaired) electrons. The maximum absolute atomic E-state index is 4.39. The summed E-state index contributed by atoms with van der Waals surface area (Å²) in [4.78, 5) is 0. The molecule has 0 saturated carbocycles. The van der Waals surface area contributed by atoms with Gasteiger partial charge >= 0.3 is 0 Å². The third-order valence-electron chi connectivity index (χ3n) is 1.88. The highest BCUT2D eigenvalue weighted by Crippen LogP contribution is 2.20. The zero-order valence-electron chi connectivity index (χ0n) is 6.29. The van der Waals surface area contributed by atoms with Crippen molar-refractivity contribution in [3.8, 4) is 0 Å². The van der Waals surface area contributed by atoms with E-state index in [1.54, 1.807) is 0 Å².